The molecule has 0 aliphatic carbocycles. The molecular formula is C16H20N2O5S. The predicted molar refractivity (Wildman–Crippen MR) is 85.7 cm³/mol. The van der Waals surface area contributed by atoms with E-state index in [1.54, 1.807) is 6.07 Å². The lowest BCUT2D eigenvalue weighted by Crippen LogP contribution is -2.48. The van der Waals surface area contributed by atoms with Gasteiger partial charge < -0.3 is 9.47 Å². The number of benzene rings is 1. The van der Waals surface area contributed by atoms with Crippen molar-refractivity contribution < 1.29 is 22.7 Å². The molecule has 0 spiro atoms. The van der Waals surface area contributed by atoms with Crippen LogP contribution in [0.2, 0.25) is 0 Å². The summed E-state index contributed by atoms with van der Waals surface area (Å²) >= 11 is 0. The normalized spacial score (nSPS) is 23.2. The van der Waals surface area contributed by atoms with Crippen molar-refractivity contribution in [2.24, 2.45) is 0 Å². The zero-order valence-electron chi connectivity index (χ0n) is 13.8. The number of carbonyl (C=O) groups is 1. The van der Waals surface area contributed by atoms with Gasteiger partial charge >= 0.3 is 5.97 Å². The Hall–Kier alpha value is -1.95. The molecule has 0 bridgehead atoms. The number of nitrogens with zero attached hydrogens (tertiary/aromatic N) is 2. The number of hydrogen-bond acceptors (Lipinski definition) is 6. The van der Waals surface area contributed by atoms with Gasteiger partial charge in [0.25, 0.3) is 0 Å². The van der Waals surface area contributed by atoms with E-state index in [1.807, 2.05) is 13.8 Å². The van der Waals surface area contributed by atoms with E-state index in [2.05, 4.69) is 0 Å². The summed E-state index contributed by atoms with van der Waals surface area (Å²) in [5.41, 5.74) is 0.0903. The Morgan fingerprint density at radius 3 is 2.58 bits per heavy atom. The second kappa shape index (κ2) is 7.30. The molecule has 1 saturated heterocycles. The molecule has 2 rings (SSSR count). The fourth-order valence-corrected chi connectivity index (χ4v) is 4.15. The Balaban J connectivity index is 2.27. The van der Waals surface area contributed by atoms with Gasteiger partial charge in [-0.1, -0.05) is 6.07 Å². The van der Waals surface area contributed by atoms with E-state index in [9.17, 15) is 13.2 Å². The highest BCUT2D eigenvalue weighted by molar-refractivity contribution is 7.89. The molecule has 0 radical (unpaired) electrons. The van der Waals surface area contributed by atoms with E-state index in [1.165, 1.54) is 35.5 Å². The molecule has 0 aromatic heterocycles. The van der Waals surface area contributed by atoms with Crippen LogP contribution in [0.5, 0.6) is 0 Å². The van der Waals surface area contributed by atoms with Crippen LogP contribution in [0.4, 0.5) is 0 Å². The number of nitriles is 1. The number of hydrogen-bond donors (Lipinski definition) is 0. The maximum atomic E-state index is 12.8. The van der Waals surface area contributed by atoms with Crippen molar-refractivity contribution in [3.63, 3.8) is 0 Å². The molecule has 1 aliphatic heterocycles. The van der Waals surface area contributed by atoms with Crippen LogP contribution in [0.1, 0.15) is 31.1 Å². The lowest BCUT2D eigenvalue weighted by Gasteiger charge is -2.34. The maximum absolute atomic E-state index is 12.8. The Morgan fingerprint density at radius 1 is 1.38 bits per heavy atom. The van der Waals surface area contributed by atoms with Crippen molar-refractivity contribution in [2.75, 3.05) is 13.1 Å². The first-order valence-electron chi connectivity index (χ1n) is 7.60. The molecular weight excluding hydrogens is 332 g/mol. The molecule has 0 amide bonds. The number of ether oxygens (including phenoxy) is 2. The summed E-state index contributed by atoms with van der Waals surface area (Å²) in [5.74, 6) is -0.732. The van der Waals surface area contributed by atoms with E-state index in [-0.39, 0.29) is 35.8 Å². The lowest BCUT2D eigenvalue weighted by atomic mass is 10.2. The molecule has 1 aromatic rings. The molecule has 7 nitrogen and oxygen atoms in total. The SMILES string of the molecule is C[C@@H](C#N)OC(=O)c1cccc(S(=O)(=O)N2C[C@H](C)O[C@@H](C)C2)c1. The Labute approximate surface area is 141 Å². The van der Waals surface area contributed by atoms with Crippen LogP contribution < -0.4 is 0 Å². The fourth-order valence-electron chi connectivity index (χ4n) is 2.51. The molecule has 1 aliphatic rings. The molecule has 0 N–H and O–H groups in total. The number of morpholine rings is 1. The summed E-state index contributed by atoms with van der Waals surface area (Å²) < 4.78 is 37.4. The molecule has 0 saturated carbocycles. The van der Waals surface area contributed by atoms with Crippen molar-refractivity contribution in [1.29, 1.82) is 5.26 Å². The zero-order valence-corrected chi connectivity index (χ0v) is 14.6. The number of sulfonamides is 1. The first-order chi connectivity index (χ1) is 11.2. The van der Waals surface area contributed by atoms with E-state index in [0.29, 0.717) is 0 Å². The van der Waals surface area contributed by atoms with Crippen molar-refractivity contribution in [3.8, 4) is 6.07 Å². The topological polar surface area (TPSA) is 96.7 Å². The quantitative estimate of drug-likeness (QED) is 0.763. The number of rotatable bonds is 4. The van der Waals surface area contributed by atoms with E-state index < -0.39 is 22.1 Å². The van der Waals surface area contributed by atoms with Crippen molar-refractivity contribution in [1.82, 2.24) is 4.31 Å². The second-order valence-electron chi connectivity index (χ2n) is 5.78. The first-order valence-corrected chi connectivity index (χ1v) is 9.04. The summed E-state index contributed by atoms with van der Waals surface area (Å²) in [6.45, 7) is 5.58. The largest absolute Gasteiger partial charge is 0.444 e. The maximum Gasteiger partial charge on any atom is 0.339 e. The third-order valence-electron chi connectivity index (χ3n) is 3.56. The minimum atomic E-state index is -3.74. The van der Waals surface area contributed by atoms with E-state index in [0.717, 1.165) is 0 Å². The van der Waals surface area contributed by atoms with Crippen LogP contribution in [0, 0.1) is 11.3 Å². The van der Waals surface area contributed by atoms with E-state index in [4.69, 9.17) is 14.7 Å². The van der Waals surface area contributed by atoms with Gasteiger partial charge in [-0.15, -0.1) is 0 Å². The van der Waals surface area contributed by atoms with Gasteiger partial charge in [0.1, 0.15) is 6.07 Å². The lowest BCUT2D eigenvalue weighted by molar-refractivity contribution is -0.0440. The third kappa shape index (κ3) is 4.12. The highest BCUT2D eigenvalue weighted by Crippen LogP contribution is 2.22. The van der Waals surface area contributed by atoms with Gasteiger partial charge in [0.15, 0.2) is 6.10 Å². The molecule has 1 aromatic carbocycles. The summed E-state index contributed by atoms with van der Waals surface area (Å²) in [6, 6.07) is 7.43. The fraction of sp³-hybridized carbons (Fsp3) is 0.500. The zero-order chi connectivity index (χ0) is 17.9. The average molecular weight is 352 g/mol. The van der Waals surface area contributed by atoms with Gasteiger partial charge in [-0.05, 0) is 39.0 Å². The minimum absolute atomic E-state index is 0.0165. The van der Waals surface area contributed by atoms with Crippen LogP contribution >= 0.6 is 0 Å². The number of carbonyl (C=O) groups excluding carboxylic acids is 1. The summed E-state index contributed by atoms with van der Waals surface area (Å²) in [6.07, 6.45) is -1.31. The molecule has 1 heterocycles. The van der Waals surface area contributed by atoms with Gasteiger partial charge in [0.05, 0.1) is 22.7 Å². The smallest absolute Gasteiger partial charge is 0.339 e. The van der Waals surface area contributed by atoms with Crippen molar-refractivity contribution in [2.45, 2.75) is 44.0 Å². The van der Waals surface area contributed by atoms with Crippen LogP contribution in [0.3, 0.4) is 0 Å². The van der Waals surface area contributed by atoms with Crippen LogP contribution in [-0.2, 0) is 19.5 Å². The monoisotopic (exact) mass is 352 g/mol. The Morgan fingerprint density at radius 2 is 2.00 bits per heavy atom. The molecule has 0 unspecified atom stereocenters. The highest BCUT2D eigenvalue weighted by Gasteiger charge is 2.32. The Bertz CT molecular complexity index is 746. The first kappa shape index (κ1) is 18.4. The standard InChI is InChI=1S/C16H20N2O5S/c1-11(8-17)23-16(19)14-5-4-6-15(7-14)24(20,21)18-9-12(2)22-13(3)10-18/h4-7,11-13H,9-10H2,1-3H3/t11-,12-,13-/m0/s1. The van der Waals surface area contributed by atoms with Crippen LogP contribution in [-0.4, -0.2) is 50.1 Å². The molecule has 8 heteroatoms. The van der Waals surface area contributed by atoms with Gasteiger partial charge in [-0.2, -0.15) is 9.57 Å². The second-order valence-corrected chi connectivity index (χ2v) is 7.72. The van der Waals surface area contributed by atoms with Gasteiger partial charge in [-0.3, -0.25) is 0 Å². The summed E-state index contributed by atoms with van der Waals surface area (Å²) in [5, 5.41) is 8.69. The molecule has 130 valence electrons. The summed E-state index contributed by atoms with van der Waals surface area (Å²) in [7, 11) is -3.74. The Kier molecular flexibility index (Phi) is 5.59. The minimum Gasteiger partial charge on any atom is -0.444 e. The van der Waals surface area contributed by atoms with Crippen LogP contribution in [0.15, 0.2) is 29.2 Å². The predicted octanol–water partition coefficient (Wildman–Crippen LogP) is 1.55. The van der Waals surface area contributed by atoms with E-state index >= 15 is 0 Å². The van der Waals surface area contributed by atoms with Gasteiger partial charge in [0.2, 0.25) is 10.0 Å². The third-order valence-corrected chi connectivity index (χ3v) is 5.39. The van der Waals surface area contributed by atoms with Gasteiger partial charge in [-0.25, -0.2) is 13.2 Å². The molecule has 3 atom stereocenters. The summed E-state index contributed by atoms with van der Waals surface area (Å²) in [4.78, 5) is 12.0. The van der Waals surface area contributed by atoms with Gasteiger partial charge in [0, 0.05) is 13.1 Å². The number of esters is 1. The average Bonchev–Trinajstić information content (AvgIpc) is 2.53. The molecule has 24 heavy (non-hydrogen) atoms. The van der Waals surface area contributed by atoms with Crippen molar-refractivity contribution >= 4 is 16.0 Å². The van der Waals surface area contributed by atoms with Crippen molar-refractivity contribution in [3.05, 3.63) is 29.8 Å². The van der Waals surface area contributed by atoms with Crippen LogP contribution in [0.25, 0.3) is 0 Å². The molecule has 1 fully saturated rings. The highest BCUT2D eigenvalue weighted by atomic mass is 32.2.